The number of ether oxygens (including phenoxy) is 3. The predicted molar refractivity (Wildman–Crippen MR) is 92.2 cm³/mol. The molecule has 0 aromatic heterocycles. The smallest absolute Gasteiger partial charge is 0.269 e. The third-order valence-electron chi connectivity index (χ3n) is 4.51. The first kappa shape index (κ1) is 17.5. The first-order chi connectivity index (χ1) is 13.0. The Hall–Kier alpha value is -2.88. The summed E-state index contributed by atoms with van der Waals surface area (Å²) in [7, 11) is 0. The van der Waals surface area contributed by atoms with Gasteiger partial charge in [-0.3, -0.25) is 20.2 Å². The molecule has 0 bridgehead atoms. The molecule has 9 heteroatoms. The van der Waals surface area contributed by atoms with E-state index < -0.39 is 22.1 Å². The lowest BCUT2D eigenvalue weighted by Gasteiger charge is -2.23. The Kier molecular flexibility index (Phi) is 4.56. The summed E-state index contributed by atoms with van der Waals surface area (Å²) in [6, 6.07) is 12.4. The van der Waals surface area contributed by atoms with Crippen molar-refractivity contribution >= 4 is 11.4 Å². The number of nitrogens with zero attached hydrogens (tertiary/aromatic N) is 2. The molecule has 2 heterocycles. The minimum atomic E-state index is -0.529. The zero-order valence-electron chi connectivity index (χ0n) is 14.1. The molecular weight excluding hydrogens is 356 g/mol. The fraction of sp³-hybridized carbons (Fsp3) is 0.333. The van der Waals surface area contributed by atoms with Crippen molar-refractivity contribution in [3.8, 4) is 0 Å². The average Bonchev–Trinajstić information content (AvgIpc) is 3.55. The van der Waals surface area contributed by atoms with Crippen LogP contribution in [-0.2, 0) is 14.2 Å². The molecule has 0 spiro atoms. The molecule has 4 rings (SSSR count). The molecule has 2 aromatic carbocycles. The van der Waals surface area contributed by atoms with E-state index in [9.17, 15) is 20.2 Å². The Bertz CT molecular complexity index is 808. The van der Waals surface area contributed by atoms with Crippen molar-refractivity contribution in [2.75, 3.05) is 13.2 Å². The molecule has 2 saturated heterocycles. The van der Waals surface area contributed by atoms with Crippen LogP contribution in [0.15, 0.2) is 48.5 Å². The van der Waals surface area contributed by atoms with Crippen LogP contribution in [0.5, 0.6) is 0 Å². The van der Waals surface area contributed by atoms with Gasteiger partial charge in [0.1, 0.15) is 24.4 Å². The van der Waals surface area contributed by atoms with Gasteiger partial charge in [0.25, 0.3) is 11.4 Å². The quantitative estimate of drug-likeness (QED) is 0.396. The van der Waals surface area contributed by atoms with Gasteiger partial charge in [-0.25, -0.2) is 0 Å². The Balaban J connectivity index is 1.63. The van der Waals surface area contributed by atoms with E-state index in [-0.39, 0.29) is 23.6 Å². The van der Waals surface area contributed by atoms with Crippen molar-refractivity contribution < 1.29 is 24.1 Å². The van der Waals surface area contributed by atoms with Crippen LogP contribution in [0.3, 0.4) is 0 Å². The number of nitro groups is 2. The van der Waals surface area contributed by atoms with E-state index in [0.717, 1.165) is 0 Å². The SMILES string of the molecule is O=[N+]([O-])c1cccc([C@@H](O[C@H](c2cccc([N+](=O)[O-])c2)C2CO2)C2CO2)c1. The largest absolute Gasteiger partial charge is 0.370 e. The summed E-state index contributed by atoms with van der Waals surface area (Å²) >= 11 is 0. The summed E-state index contributed by atoms with van der Waals surface area (Å²) in [6.07, 6.45) is -1.49. The fourth-order valence-electron chi connectivity index (χ4n) is 3.01. The lowest BCUT2D eigenvalue weighted by molar-refractivity contribution is -0.385. The monoisotopic (exact) mass is 372 g/mol. The minimum Gasteiger partial charge on any atom is -0.370 e. The molecule has 0 aliphatic carbocycles. The number of benzene rings is 2. The van der Waals surface area contributed by atoms with Crippen LogP contribution >= 0.6 is 0 Å². The summed E-state index contributed by atoms with van der Waals surface area (Å²) in [5.74, 6) is 0. The number of hydrogen-bond acceptors (Lipinski definition) is 7. The highest BCUT2D eigenvalue weighted by Gasteiger charge is 2.42. The molecule has 2 aliphatic heterocycles. The van der Waals surface area contributed by atoms with Gasteiger partial charge in [0, 0.05) is 24.3 Å². The van der Waals surface area contributed by atoms with E-state index in [4.69, 9.17) is 14.2 Å². The summed E-state index contributed by atoms with van der Waals surface area (Å²) in [5, 5.41) is 22.1. The molecule has 0 N–H and O–H groups in total. The Labute approximate surface area is 153 Å². The molecule has 0 saturated carbocycles. The van der Waals surface area contributed by atoms with E-state index in [2.05, 4.69) is 0 Å². The molecule has 27 heavy (non-hydrogen) atoms. The zero-order chi connectivity index (χ0) is 19.0. The fourth-order valence-corrected chi connectivity index (χ4v) is 3.01. The standard InChI is InChI=1S/C18H16N2O7/c21-19(22)13-5-1-3-11(7-13)17(15-9-25-15)27-18(16-10-26-16)12-4-2-6-14(8-12)20(23)24/h1-8,15-18H,9-10H2/t15?,16?,17-,18-/m1/s1. The minimum absolute atomic E-state index is 0.0312. The van der Waals surface area contributed by atoms with Crippen LogP contribution in [0.4, 0.5) is 11.4 Å². The third-order valence-corrected chi connectivity index (χ3v) is 4.51. The lowest BCUT2D eigenvalue weighted by atomic mass is 10.0. The van der Waals surface area contributed by atoms with Gasteiger partial charge < -0.3 is 14.2 Å². The van der Waals surface area contributed by atoms with Crippen molar-refractivity contribution in [1.82, 2.24) is 0 Å². The maximum Gasteiger partial charge on any atom is 0.269 e. The number of rotatable bonds is 8. The third kappa shape index (κ3) is 3.95. The molecule has 2 fully saturated rings. The van der Waals surface area contributed by atoms with Crippen molar-refractivity contribution in [3.63, 3.8) is 0 Å². The summed E-state index contributed by atoms with van der Waals surface area (Å²) in [6.45, 7) is 0.973. The normalized spacial score (nSPS) is 22.7. The molecule has 2 aromatic rings. The highest BCUT2D eigenvalue weighted by atomic mass is 16.6. The molecule has 2 unspecified atom stereocenters. The van der Waals surface area contributed by atoms with E-state index in [1.807, 2.05) is 0 Å². The molecule has 0 radical (unpaired) electrons. The molecular formula is C18H16N2O7. The highest BCUT2D eigenvalue weighted by Crippen LogP contribution is 2.41. The van der Waals surface area contributed by atoms with Gasteiger partial charge in [0.2, 0.25) is 0 Å². The zero-order valence-corrected chi connectivity index (χ0v) is 14.1. The summed E-state index contributed by atoms with van der Waals surface area (Å²) in [4.78, 5) is 21.2. The van der Waals surface area contributed by atoms with Crippen molar-refractivity contribution in [2.45, 2.75) is 24.4 Å². The van der Waals surface area contributed by atoms with Gasteiger partial charge in [0.05, 0.1) is 23.1 Å². The summed E-state index contributed by atoms with van der Waals surface area (Å²) < 4.78 is 17.0. The molecule has 9 nitrogen and oxygen atoms in total. The van der Waals surface area contributed by atoms with Crippen molar-refractivity contribution in [3.05, 3.63) is 79.9 Å². The molecule has 0 amide bonds. The van der Waals surface area contributed by atoms with Gasteiger partial charge in [-0.2, -0.15) is 0 Å². The summed E-state index contributed by atoms with van der Waals surface area (Å²) in [5.41, 5.74) is 1.19. The molecule has 140 valence electrons. The first-order valence-corrected chi connectivity index (χ1v) is 8.40. The van der Waals surface area contributed by atoms with E-state index in [0.29, 0.717) is 24.3 Å². The molecule has 2 aliphatic rings. The van der Waals surface area contributed by atoms with Gasteiger partial charge in [-0.1, -0.05) is 24.3 Å². The van der Waals surface area contributed by atoms with Gasteiger partial charge >= 0.3 is 0 Å². The topological polar surface area (TPSA) is 121 Å². The van der Waals surface area contributed by atoms with Gasteiger partial charge in [-0.05, 0) is 11.1 Å². The molecule has 4 atom stereocenters. The number of non-ortho nitro benzene ring substituents is 2. The Morgan fingerprint density at radius 3 is 1.59 bits per heavy atom. The van der Waals surface area contributed by atoms with Crippen LogP contribution < -0.4 is 0 Å². The van der Waals surface area contributed by atoms with Crippen LogP contribution in [0.25, 0.3) is 0 Å². The van der Waals surface area contributed by atoms with Crippen LogP contribution in [0, 0.1) is 20.2 Å². The predicted octanol–water partition coefficient (Wildman–Crippen LogP) is 3.10. The second-order valence-electron chi connectivity index (χ2n) is 6.43. The lowest BCUT2D eigenvalue weighted by Crippen LogP contribution is -2.19. The average molecular weight is 372 g/mol. The van der Waals surface area contributed by atoms with E-state index in [1.54, 1.807) is 24.3 Å². The van der Waals surface area contributed by atoms with Gasteiger partial charge in [0.15, 0.2) is 0 Å². The highest BCUT2D eigenvalue weighted by molar-refractivity contribution is 5.38. The van der Waals surface area contributed by atoms with Crippen LogP contribution in [0.1, 0.15) is 23.3 Å². The Morgan fingerprint density at radius 1 is 0.852 bits per heavy atom. The first-order valence-electron chi connectivity index (χ1n) is 8.40. The Morgan fingerprint density at radius 2 is 1.26 bits per heavy atom. The van der Waals surface area contributed by atoms with E-state index in [1.165, 1.54) is 24.3 Å². The maximum absolute atomic E-state index is 11.1. The maximum atomic E-state index is 11.1. The van der Waals surface area contributed by atoms with Gasteiger partial charge in [-0.15, -0.1) is 0 Å². The van der Waals surface area contributed by atoms with E-state index >= 15 is 0 Å². The van der Waals surface area contributed by atoms with Crippen LogP contribution in [-0.4, -0.2) is 35.3 Å². The number of hydrogen-bond donors (Lipinski definition) is 0. The number of epoxide rings is 2. The number of nitro benzene ring substituents is 2. The second kappa shape index (κ2) is 7.03. The van der Waals surface area contributed by atoms with Crippen LogP contribution in [0.2, 0.25) is 0 Å². The van der Waals surface area contributed by atoms with Crippen molar-refractivity contribution in [2.24, 2.45) is 0 Å². The second-order valence-corrected chi connectivity index (χ2v) is 6.43. The van der Waals surface area contributed by atoms with Crippen molar-refractivity contribution in [1.29, 1.82) is 0 Å².